The summed E-state index contributed by atoms with van der Waals surface area (Å²) < 4.78 is 110. The van der Waals surface area contributed by atoms with Gasteiger partial charge in [0, 0.05) is 4.90 Å². The van der Waals surface area contributed by atoms with E-state index in [0.717, 1.165) is 0 Å². The van der Waals surface area contributed by atoms with E-state index >= 15 is 0 Å². The first kappa shape index (κ1) is 19.5. The molecular formula is C9H3F9OS3. The van der Waals surface area contributed by atoms with Crippen molar-refractivity contribution in [3.8, 4) is 5.75 Å². The van der Waals surface area contributed by atoms with Crippen LogP contribution in [0.4, 0.5) is 39.5 Å². The molecule has 0 spiro atoms. The molecule has 1 rings (SSSR count). The van der Waals surface area contributed by atoms with Crippen LogP contribution in [0.25, 0.3) is 0 Å². The van der Waals surface area contributed by atoms with Crippen LogP contribution in [0.2, 0.25) is 0 Å². The van der Waals surface area contributed by atoms with Crippen molar-refractivity contribution < 1.29 is 44.6 Å². The normalized spacial score (nSPS) is 13.5. The van der Waals surface area contributed by atoms with Crippen LogP contribution in [-0.2, 0) is 0 Å². The fourth-order valence-corrected chi connectivity index (χ4v) is 3.27. The number of alkyl halides is 9. The fraction of sp³-hybridized carbons (Fsp3) is 0.333. The average molecular weight is 394 g/mol. The maximum atomic E-state index is 12.3. The van der Waals surface area contributed by atoms with Crippen molar-refractivity contribution in [3.05, 3.63) is 12.1 Å². The Hall–Kier alpha value is -0.560. The van der Waals surface area contributed by atoms with Gasteiger partial charge in [0.1, 0.15) is 5.75 Å². The lowest BCUT2D eigenvalue weighted by Gasteiger charge is -2.15. The third-order valence-electron chi connectivity index (χ3n) is 1.70. The summed E-state index contributed by atoms with van der Waals surface area (Å²) in [6.07, 6.45) is 0. The van der Waals surface area contributed by atoms with Crippen LogP contribution >= 0.6 is 35.3 Å². The zero-order chi connectivity index (χ0) is 17.3. The van der Waals surface area contributed by atoms with Gasteiger partial charge in [-0.3, -0.25) is 0 Å². The second-order valence-corrected chi connectivity index (χ2v) is 6.76. The molecule has 13 heteroatoms. The summed E-state index contributed by atoms with van der Waals surface area (Å²) in [5, 5.41) is 9.41. The maximum absolute atomic E-state index is 12.3. The maximum Gasteiger partial charge on any atom is 0.446 e. The van der Waals surface area contributed by atoms with Gasteiger partial charge in [-0.25, -0.2) is 0 Å². The van der Waals surface area contributed by atoms with Gasteiger partial charge >= 0.3 is 16.5 Å². The molecule has 126 valence electrons. The van der Waals surface area contributed by atoms with E-state index in [9.17, 15) is 44.6 Å². The highest BCUT2D eigenvalue weighted by Crippen LogP contribution is 2.51. The summed E-state index contributed by atoms with van der Waals surface area (Å²) in [5.74, 6) is -1.38. The van der Waals surface area contributed by atoms with E-state index in [0.29, 0.717) is 12.1 Å². The Morgan fingerprint density at radius 2 is 0.955 bits per heavy atom. The van der Waals surface area contributed by atoms with Gasteiger partial charge in [0.25, 0.3) is 0 Å². The van der Waals surface area contributed by atoms with E-state index in [2.05, 4.69) is 0 Å². The van der Waals surface area contributed by atoms with Crippen molar-refractivity contribution in [3.63, 3.8) is 0 Å². The number of halogens is 9. The molecule has 0 fully saturated rings. The molecular weight excluding hydrogens is 391 g/mol. The van der Waals surface area contributed by atoms with Gasteiger partial charge in [-0.1, -0.05) is 0 Å². The standard InChI is InChI=1S/C9H3F9OS3/c10-7(11,12)20-3-1-4(21-8(13,14)15)6(19)5(2-3)22-9(16,17)18/h1-2,19H. The van der Waals surface area contributed by atoms with Crippen molar-refractivity contribution in [2.75, 3.05) is 0 Å². The highest BCUT2D eigenvalue weighted by atomic mass is 32.2. The van der Waals surface area contributed by atoms with Gasteiger partial charge in [0.15, 0.2) is 0 Å². The fourth-order valence-electron chi connectivity index (χ4n) is 1.16. The highest BCUT2D eigenvalue weighted by Gasteiger charge is 2.36. The molecule has 0 aliphatic rings. The predicted octanol–water partition coefficient (Wildman–Crippen LogP) is 6.23. The summed E-state index contributed by atoms with van der Waals surface area (Å²) in [6.45, 7) is 0. The number of benzene rings is 1. The predicted molar refractivity (Wildman–Crippen MR) is 63.8 cm³/mol. The molecule has 0 aromatic heterocycles. The molecule has 0 amide bonds. The summed E-state index contributed by atoms with van der Waals surface area (Å²) in [5.41, 5.74) is -14.9. The lowest BCUT2D eigenvalue weighted by molar-refractivity contribution is -0.0335. The molecule has 0 heterocycles. The van der Waals surface area contributed by atoms with Crippen molar-refractivity contribution in [1.29, 1.82) is 0 Å². The molecule has 0 saturated carbocycles. The molecule has 0 unspecified atom stereocenters. The summed E-state index contributed by atoms with van der Waals surface area (Å²) in [4.78, 5) is -3.19. The first-order valence-electron chi connectivity index (χ1n) is 4.80. The Balaban J connectivity index is 3.30. The van der Waals surface area contributed by atoms with Crippen molar-refractivity contribution in [1.82, 2.24) is 0 Å². The minimum absolute atomic E-state index is 0.325. The van der Waals surface area contributed by atoms with Crippen molar-refractivity contribution >= 4 is 35.3 Å². The van der Waals surface area contributed by atoms with Crippen LogP contribution in [0.3, 0.4) is 0 Å². The second-order valence-electron chi connectivity index (χ2n) is 3.41. The van der Waals surface area contributed by atoms with Gasteiger partial charge in [-0.15, -0.1) is 0 Å². The van der Waals surface area contributed by atoms with Crippen LogP contribution in [0.1, 0.15) is 0 Å². The quantitative estimate of drug-likeness (QED) is 0.484. The zero-order valence-electron chi connectivity index (χ0n) is 9.73. The Labute approximate surface area is 129 Å². The molecule has 22 heavy (non-hydrogen) atoms. The Morgan fingerprint density at radius 3 is 1.23 bits per heavy atom. The lowest BCUT2D eigenvalue weighted by Crippen LogP contribution is -2.03. The largest absolute Gasteiger partial charge is 0.506 e. The average Bonchev–Trinajstić information content (AvgIpc) is 2.18. The molecule has 1 N–H and O–H groups in total. The van der Waals surface area contributed by atoms with E-state index < -0.39 is 72.2 Å². The van der Waals surface area contributed by atoms with E-state index in [-0.39, 0.29) is 0 Å². The Bertz CT molecular complexity index is 498. The van der Waals surface area contributed by atoms with Crippen molar-refractivity contribution in [2.45, 2.75) is 31.2 Å². The molecule has 0 radical (unpaired) electrons. The minimum Gasteiger partial charge on any atom is -0.506 e. The first-order chi connectivity index (χ1) is 9.66. The molecule has 0 aliphatic carbocycles. The van der Waals surface area contributed by atoms with E-state index in [4.69, 9.17) is 0 Å². The molecule has 0 saturated heterocycles. The van der Waals surface area contributed by atoms with Gasteiger partial charge in [-0.05, 0) is 47.4 Å². The third kappa shape index (κ3) is 7.13. The van der Waals surface area contributed by atoms with Crippen LogP contribution < -0.4 is 0 Å². The van der Waals surface area contributed by atoms with Crippen molar-refractivity contribution in [2.24, 2.45) is 0 Å². The highest BCUT2D eigenvalue weighted by molar-refractivity contribution is 8.01. The number of hydrogen-bond acceptors (Lipinski definition) is 4. The number of rotatable bonds is 3. The lowest BCUT2D eigenvalue weighted by atomic mass is 10.3. The number of hydrogen-bond donors (Lipinski definition) is 1. The molecule has 1 nitrogen and oxygen atoms in total. The summed E-state index contributed by atoms with van der Waals surface area (Å²) in [6, 6.07) is 0.651. The van der Waals surface area contributed by atoms with Gasteiger partial charge in [0.2, 0.25) is 0 Å². The van der Waals surface area contributed by atoms with Gasteiger partial charge < -0.3 is 5.11 Å². The minimum atomic E-state index is -4.99. The molecule has 0 bridgehead atoms. The van der Waals surface area contributed by atoms with Gasteiger partial charge in [0.05, 0.1) is 9.79 Å². The smallest absolute Gasteiger partial charge is 0.446 e. The molecule has 1 aromatic carbocycles. The molecule has 0 atom stereocenters. The number of aromatic hydroxyl groups is 1. The monoisotopic (exact) mass is 394 g/mol. The van der Waals surface area contributed by atoms with Crippen LogP contribution in [0.15, 0.2) is 26.8 Å². The van der Waals surface area contributed by atoms with Crippen LogP contribution in [0, 0.1) is 0 Å². The van der Waals surface area contributed by atoms with E-state index in [1.54, 1.807) is 0 Å². The first-order valence-corrected chi connectivity index (χ1v) is 7.25. The molecule has 0 aliphatic heterocycles. The van der Waals surface area contributed by atoms with Crippen LogP contribution in [-0.4, -0.2) is 21.6 Å². The number of phenols is 1. The molecule has 1 aromatic rings. The second kappa shape index (κ2) is 6.51. The summed E-state index contributed by atoms with van der Waals surface area (Å²) in [7, 11) is 0. The topological polar surface area (TPSA) is 20.2 Å². The number of phenolic OH excluding ortho intramolecular Hbond substituents is 1. The van der Waals surface area contributed by atoms with Crippen LogP contribution in [0.5, 0.6) is 5.75 Å². The Kier molecular flexibility index (Phi) is 5.77. The Morgan fingerprint density at radius 1 is 0.636 bits per heavy atom. The van der Waals surface area contributed by atoms with Gasteiger partial charge in [-0.2, -0.15) is 39.5 Å². The SMILES string of the molecule is Oc1c(SC(F)(F)F)cc(SC(F)(F)F)cc1SC(F)(F)F. The summed E-state index contributed by atoms with van der Waals surface area (Å²) >= 11 is -2.89. The van der Waals surface area contributed by atoms with E-state index in [1.807, 2.05) is 0 Å². The van der Waals surface area contributed by atoms with E-state index in [1.165, 1.54) is 0 Å². The number of thioether (sulfide) groups is 3. The zero-order valence-corrected chi connectivity index (χ0v) is 12.2. The third-order valence-corrected chi connectivity index (χ3v) is 3.93.